The van der Waals surface area contributed by atoms with Crippen LogP contribution in [0.3, 0.4) is 0 Å². The third-order valence-corrected chi connectivity index (χ3v) is 3.09. The normalized spacial score (nSPS) is 21.8. The van der Waals surface area contributed by atoms with Gasteiger partial charge in [0.05, 0.1) is 0 Å². The van der Waals surface area contributed by atoms with Gasteiger partial charge in [0.1, 0.15) is 0 Å². The van der Waals surface area contributed by atoms with Gasteiger partial charge in [0.2, 0.25) is 0 Å². The van der Waals surface area contributed by atoms with Crippen LogP contribution in [-0.2, 0) is 0 Å². The molecule has 1 fully saturated rings. The third-order valence-electron chi connectivity index (χ3n) is 3.09. The molecule has 0 aromatic heterocycles. The molecule has 2 N–H and O–H groups in total. The average molecular weight is 195 g/mol. The van der Waals surface area contributed by atoms with Crippen molar-refractivity contribution in [3.8, 4) is 0 Å². The molecule has 0 aliphatic heterocycles. The Bertz CT molecular complexity index is 151. The van der Waals surface area contributed by atoms with Gasteiger partial charge < -0.3 is 0 Å². The zero-order valence-electron chi connectivity index (χ0n) is 9.04. The van der Waals surface area contributed by atoms with E-state index < -0.39 is 0 Å². The second-order valence-corrected chi connectivity index (χ2v) is 4.30. The summed E-state index contributed by atoms with van der Waals surface area (Å²) in [6, 6.07) is 0. The van der Waals surface area contributed by atoms with Gasteiger partial charge in [0, 0.05) is 0 Å². The number of hydrogen-bond donors (Lipinski definition) is 2. The standard InChI is InChI=1S/C11H22BNO/c14-13-10-12-11-8-6-4-2-1-3-5-7-9-11/h10-11,13-14H,1-9H2. The quantitative estimate of drug-likeness (QED) is 0.524. The molecule has 0 amide bonds. The van der Waals surface area contributed by atoms with Crippen molar-refractivity contribution < 1.29 is 5.21 Å². The second-order valence-electron chi connectivity index (χ2n) is 4.30. The van der Waals surface area contributed by atoms with Crippen molar-refractivity contribution in [3.05, 3.63) is 0 Å². The van der Waals surface area contributed by atoms with Crippen LogP contribution in [0, 0.1) is 0 Å². The maximum absolute atomic E-state index is 8.49. The maximum atomic E-state index is 8.49. The molecule has 0 heterocycles. The van der Waals surface area contributed by atoms with E-state index in [1.807, 2.05) is 0 Å². The first-order chi connectivity index (χ1) is 6.93. The topological polar surface area (TPSA) is 32.3 Å². The summed E-state index contributed by atoms with van der Waals surface area (Å²) in [6.07, 6.45) is 14.0. The molecule has 0 unspecified atom stereocenters. The predicted octanol–water partition coefficient (Wildman–Crippen LogP) is 2.74. The van der Waals surface area contributed by atoms with Crippen LogP contribution in [0.25, 0.3) is 0 Å². The fraction of sp³-hybridized carbons (Fsp3) is 0.909. The number of hydrogen-bond acceptors (Lipinski definition) is 2. The Morgan fingerprint density at radius 2 is 1.43 bits per heavy atom. The number of rotatable bonds is 2. The van der Waals surface area contributed by atoms with Crippen LogP contribution in [-0.4, -0.2) is 18.2 Å². The zero-order chi connectivity index (χ0) is 10.1. The van der Waals surface area contributed by atoms with Crippen molar-refractivity contribution in [1.29, 1.82) is 0 Å². The van der Waals surface area contributed by atoms with Crippen LogP contribution in [0.5, 0.6) is 0 Å². The van der Waals surface area contributed by atoms with Crippen molar-refractivity contribution in [2.24, 2.45) is 0 Å². The van der Waals surface area contributed by atoms with Gasteiger partial charge >= 0.3 is 87.3 Å². The van der Waals surface area contributed by atoms with Crippen LogP contribution in [0.4, 0.5) is 0 Å². The van der Waals surface area contributed by atoms with Gasteiger partial charge in [-0.2, -0.15) is 0 Å². The Morgan fingerprint density at radius 1 is 0.929 bits per heavy atom. The molecule has 2 nitrogen and oxygen atoms in total. The van der Waals surface area contributed by atoms with Gasteiger partial charge in [-0.25, -0.2) is 0 Å². The summed E-state index contributed by atoms with van der Waals surface area (Å²) >= 11 is 0. The minimum atomic E-state index is 0.674. The molecule has 0 saturated heterocycles. The van der Waals surface area contributed by atoms with Crippen molar-refractivity contribution in [2.45, 2.75) is 63.6 Å². The summed E-state index contributed by atoms with van der Waals surface area (Å²) in [5, 5.41) is 8.49. The summed E-state index contributed by atoms with van der Waals surface area (Å²) in [7, 11) is 0. The summed E-state index contributed by atoms with van der Waals surface area (Å²) in [6.45, 7) is 2.11. The van der Waals surface area contributed by atoms with E-state index in [-0.39, 0.29) is 0 Å². The Balaban J connectivity index is 2.26. The Hall–Kier alpha value is -0.305. The van der Waals surface area contributed by atoms with E-state index >= 15 is 0 Å². The third kappa shape index (κ3) is 5.43. The van der Waals surface area contributed by atoms with Gasteiger partial charge in [-0.3, -0.25) is 0 Å². The molecule has 0 radical (unpaired) electrons. The van der Waals surface area contributed by atoms with Gasteiger partial charge in [0.25, 0.3) is 0 Å². The Labute approximate surface area is 88.0 Å². The first kappa shape index (κ1) is 11.8. The zero-order valence-corrected chi connectivity index (χ0v) is 9.04. The summed E-state index contributed by atoms with van der Waals surface area (Å²) in [5.41, 5.74) is 2.10. The molecule has 1 saturated carbocycles. The summed E-state index contributed by atoms with van der Waals surface area (Å²) in [5.74, 6) is 0.674. The minimum absolute atomic E-state index is 0.674. The Kier molecular flexibility index (Phi) is 6.76. The van der Waals surface area contributed by atoms with Crippen molar-refractivity contribution in [1.82, 2.24) is 5.48 Å². The average Bonchev–Trinajstić information content (AvgIpc) is 2.23. The van der Waals surface area contributed by atoms with Crippen LogP contribution in [0.1, 0.15) is 57.8 Å². The molecule has 0 bridgehead atoms. The van der Waals surface area contributed by atoms with Gasteiger partial charge in [-0.05, 0) is 0 Å². The fourth-order valence-corrected chi connectivity index (χ4v) is 2.21. The summed E-state index contributed by atoms with van der Waals surface area (Å²) < 4.78 is 0. The van der Waals surface area contributed by atoms with Gasteiger partial charge in [-0.15, -0.1) is 0 Å². The second kappa shape index (κ2) is 8.04. The van der Waals surface area contributed by atoms with Crippen molar-refractivity contribution in [3.63, 3.8) is 0 Å². The van der Waals surface area contributed by atoms with E-state index in [4.69, 9.17) is 5.21 Å². The van der Waals surface area contributed by atoms with Crippen molar-refractivity contribution in [2.75, 3.05) is 0 Å². The molecule has 80 valence electrons. The molecule has 3 heteroatoms. The van der Waals surface area contributed by atoms with Crippen LogP contribution < -0.4 is 5.48 Å². The molecule has 1 rings (SSSR count). The predicted molar refractivity (Wildman–Crippen MR) is 62.0 cm³/mol. The van der Waals surface area contributed by atoms with E-state index in [1.54, 1.807) is 6.09 Å². The van der Waals surface area contributed by atoms with Crippen molar-refractivity contribution >= 4 is 13.0 Å². The molecule has 0 spiro atoms. The van der Waals surface area contributed by atoms with E-state index in [9.17, 15) is 0 Å². The molecular weight excluding hydrogens is 173 g/mol. The number of nitrogens with one attached hydrogen (secondary N) is 1. The Morgan fingerprint density at radius 3 is 1.93 bits per heavy atom. The molecule has 14 heavy (non-hydrogen) atoms. The molecule has 1 aliphatic rings. The van der Waals surface area contributed by atoms with E-state index in [1.165, 1.54) is 57.8 Å². The monoisotopic (exact) mass is 195 g/mol. The summed E-state index contributed by atoms with van der Waals surface area (Å²) in [4.78, 5) is 0. The molecule has 0 aromatic rings. The van der Waals surface area contributed by atoms with E-state index in [0.29, 0.717) is 5.82 Å². The van der Waals surface area contributed by atoms with Crippen LogP contribution >= 0.6 is 0 Å². The van der Waals surface area contributed by atoms with Crippen LogP contribution in [0.15, 0.2) is 0 Å². The molecule has 0 atom stereocenters. The van der Waals surface area contributed by atoms with E-state index in [2.05, 4.69) is 12.4 Å². The first-order valence-electron chi connectivity index (χ1n) is 6.00. The molecular formula is C11H22BNO. The van der Waals surface area contributed by atoms with Crippen LogP contribution in [0.2, 0.25) is 5.82 Å². The number of hydroxylamine groups is 1. The first-order valence-corrected chi connectivity index (χ1v) is 6.00. The SMILES string of the molecule is ON/C=B/C1CCCCCCCCC1. The molecule has 0 aromatic carbocycles. The fourth-order valence-electron chi connectivity index (χ4n) is 2.21. The van der Waals surface area contributed by atoms with Gasteiger partial charge in [-0.1, -0.05) is 0 Å². The van der Waals surface area contributed by atoms with E-state index in [0.717, 1.165) is 0 Å². The molecule has 1 aliphatic carbocycles. The van der Waals surface area contributed by atoms with Gasteiger partial charge in [0.15, 0.2) is 0 Å².